The largest absolute Gasteiger partial charge is 0.459 e. The second-order valence-electron chi connectivity index (χ2n) is 4.87. The molecular formula is C15H21NO2. The van der Waals surface area contributed by atoms with Crippen LogP contribution in [-0.2, 0) is 11.2 Å². The van der Waals surface area contributed by atoms with Crippen molar-refractivity contribution in [3.05, 3.63) is 29.3 Å². The highest BCUT2D eigenvalue weighted by Gasteiger charge is 2.19. The maximum absolute atomic E-state index is 12.2. The van der Waals surface area contributed by atoms with Crippen LogP contribution in [-0.4, -0.2) is 18.6 Å². The lowest BCUT2D eigenvalue weighted by molar-refractivity contribution is 0.0322. The first-order valence-corrected chi connectivity index (χ1v) is 6.79. The Morgan fingerprint density at radius 1 is 1.50 bits per heavy atom. The number of ether oxygens (including phenoxy) is 1. The van der Waals surface area contributed by atoms with Gasteiger partial charge in [0.05, 0.1) is 11.7 Å². The number of anilines is 1. The zero-order chi connectivity index (χ0) is 13.0. The Morgan fingerprint density at radius 2 is 2.33 bits per heavy atom. The summed E-state index contributed by atoms with van der Waals surface area (Å²) in [5, 5.41) is 3.33. The van der Waals surface area contributed by atoms with Gasteiger partial charge < -0.3 is 10.1 Å². The van der Waals surface area contributed by atoms with Crippen molar-refractivity contribution in [3.8, 4) is 0 Å². The smallest absolute Gasteiger partial charge is 0.338 e. The topological polar surface area (TPSA) is 38.3 Å². The van der Waals surface area contributed by atoms with Crippen LogP contribution >= 0.6 is 0 Å². The van der Waals surface area contributed by atoms with E-state index in [9.17, 15) is 4.79 Å². The summed E-state index contributed by atoms with van der Waals surface area (Å²) in [7, 11) is 0. The standard InChI is InChI=1S/C15H21NO2/c1-3-6-11(2)18-15(17)13-7-4-9-14-12(13)8-5-10-16-14/h4,7,9,11,16H,3,5-6,8,10H2,1-2H3. The summed E-state index contributed by atoms with van der Waals surface area (Å²) in [4.78, 5) is 12.2. The van der Waals surface area contributed by atoms with Crippen molar-refractivity contribution in [1.82, 2.24) is 0 Å². The van der Waals surface area contributed by atoms with Gasteiger partial charge in [-0.1, -0.05) is 19.4 Å². The van der Waals surface area contributed by atoms with Gasteiger partial charge in [-0.05, 0) is 43.9 Å². The van der Waals surface area contributed by atoms with Gasteiger partial charge in [0, 0.05) is 12.2 Å². The minimum atomic E-state index is -0.184. The molecule has 1 aromatic rings. The average Bonchev–Trinajstić information content (AvgIpc) is 2.38. The lowest BCUT2D eigenvalue weighted by Crippen LogP contribution is -2.19. The molecule has 1 aliphatic rings. The van der Waals surface area contributed by atoms with E-state index in [-0.39, 0.29) is 12.1 Å². The monoisotopic (exact) mass is 247 g/mol. The van der Waals surface area contributed by atoms with Crippen molar-refractivity contribution >= 4 is 11.7 Å². The number of nitrogens with one attached hydrogen (secondary N) is 1. The van der Waals surface area contributed by atoms with Crippen LogP contribution in [0, 0.1) is 0 Å². The maximum atomic E-state index is 12.2. The molecule has 0 saturated carbocycles. The Bertz CT molecular complexity index is 429. The summed E-state index contributed by atoms with van der Waals surface area (Å²) in [5.41, 5.74) is 2.92. The molecule has 3 nitrogen and oxygen atoms in total. The van der Waals surface area contributed by atoms with E-state index in [4.69, 9.17) is 4.74 Å². The molecule has 0 aliphatic carbocycles. The van der Waals surface area contributed by atoms with Gasteiger partial charge in [-0.15, -0.1) is 0 Å². The quantitative estimate of drug-likeness (QED) is 0.829. The Hall–Kier alpha value is -1.51. The van der Waals surface area contributed by atoms with Crippen molar-refractivity contribution < 1.29 is 9.53 Å². The molecule has 1 heterocycles. The molecule has 0 aromatic heterocycles. The predicted octanol–water partition coefficient (Wildman–Crippen LogP) is 3.39. The second-order valence-corrected chi connectivity index (χ2v) is 4.87. The van der Waals surface area contributed by atoms with Crippen LogP contribution in [0.1, 0.15) is 49.0 Å². The van der Waals surface area contributed by atoms with Crippen LogP contribution in [0.5, 0.6) is 0 Å². The number of esters is 1. The summed E-state index contributed by atoms with van der Waals surface area (Å²) in [6, 6.07) is 5.81. The predicted molar refractivity (Wildman–Crippen MR) is 73.0 cm³/mol. The number of carbonyl (C=O) groups excluding carboxylic acids is 1. The molecule has 1 aromatic carbocycles. The van der Waals surface area contributed by atoms with Crippen LogP contribution in [0.25, 0.3) is 0 Å². The Balaban J connectivity index is 2.15. The average molecular weight is 247 g/mol. The molecule has 0 amide bonds. The van der Waals surface area contributed by atoms with E-state index in [2.05, 4.69) is 12.2 Å². The van der Waals surface area contributed by atoms with Crippen molar-refractivity contribution in [3.63, 3.8) is 0 Å². The fourth-order valence-corrected chi connectivity index (χ4v) is 2.41. The normalized spacial score (nSPS) is 15.4. The number of fused-ring (bicyclic) bond motifs is 1. The summed E-state index contributed by atoms with van der Waals surface area (Å²) < 4.78 is 5.48. The van der Waals surface area contributed by atoms with E-state index in [1.54, 1.807) is 0 Å². The van der Waals surface area contributed by atoms with Crippen LogP contribution < -0.4 is 5.32 Å². The number of rotatable bonds is 4. The Morgan fingerprint density at radius 3 is 3.11 bits per heavy atom. The van der Waals surface area contributed by atoms with E-state index in [0.717, 1.165) is 49.0 Å². The fourth-order valence-electron chi connectivity index (χ4n) is 2.41. The summed E-state index contributed by atoms with van der Waals surface area (Å²) in [6.45, 7) is 5.03. The van der Waals surface area contributed by atoms with E-state index < -0.39 is 0 Å². The van der Waals surface area contributed by atoms with Gasteiger partial charge in [0.1, 0.15) is 0 Å². The third kappa shape index (κ3) is 2.84. The number of carbonyl (C=O) groups is 1. The van der Waals surface area contributed by atoms with Crippen LogP contribution in [0.3, 0.4) is 0 Å². The van der Waals surface area contributed by atoms with Crippen molar-refractivity contribution in [1.29, 1.82) is 0 Å². The molecule has 1 unspecified atom stereocenters. The second kappa shape index (κ2) is 5.89. The molecule has 0 spiro atoms. The van der Waals surface area contributed by atoms with E-state index in [1.165, 1.54) is 0 Å². The molecule has 1 aliphatic heterocycles. The first-order valence-electron chi connectivity index (χ1n) is 6.79. The van der Waals surface area contributed by atoms with Crippen molar-refractivity contribution in [2.75, 3.05) is 11.9 Å². The zero-order valence-corrected chi connectivity index (χ0v) is 11.2. The van der Waals surface area contributed by atoms with Crippen LogP contribution in [0.15, 0.2) is 18.2 Å². The van der Waals surface area contributed by atoms with E-state index >= 15 is 0 Å². The fraction of sp³-hybridized carbons (Fsp3) is 0.533. The van der Waals surface area contributed by atoms with Gasteiger partial charge in [-0.3, -0.25) is 0 Å². The highest BCUT2D eigenvalue weighted by Crippen LogP contribution is 2.26. The minimum absolute atomic E-state index is 0.00472. The first-order chi connectivity index (χ1) is 8.72. The van der Waals surface area contributed by atoms with E-state index in [1.807, 2.05) is 25.1 Å². The molecule has 3 heteroatoms. The number of hydrogen-bond acceptors (Lipinski definition) is 3. The first kappa shape index (κ1) is 12.9. The van der Waals surface area contributed by atoms with Gasteiger partial charge >= 0.3 is 5.97 Å². The van der Waals surface area contributed by atoms with Crippen LogP contribution in [0.2, 0.25) is 0 Å². The van der Waals surface area contributed by atoms with Gasteiger partial charge in [0.15, 0.2) is 0 Å². The van der Waals surface area contributed by atoms with Crippen LogP contribution in [0.4, 0.5) is 5.69 Å². The van der Waals surface area contributed by atoms with Crippen molar-refractivity contribution in [2.45, 2.75) is 45.6 Å². The third-order valence-electron chi connectivity index (χ3n) is 3.32. The molecular weight excluding hydrogens is 226 g/mol. The third-order valence-corrected chi connectivity index (χ3v) is 3.32. The molecule has 0 bridgehead atoms. The molecule has 98 valence electrons. The number of hydrogen-bond donors (Lipinski definition) is 1. The highest BCUT2D eigenvalue weighted by atomic mass is 16.5. The molecule has 2 rings (SSSR count). The summed E-state index contributed by atoms with van der Waals surface area (Å²) in [6.07, 6.45) is 3.97. The molecule has 0 fully saturated rings. The Kier molecular flexibility index (Phi) is 4.24. The minimum Gasteiger partial charge on any atom is -0.459 e. The molecule has 1 atom stereocenters. The zero-order valence-electron chi connectivity index (χ0n) is 11.2. The molecule has 1 N–H and O–H groups in total. The SMILES string of the molecule is CCCC(C)OC(=O)c1cccc2c1CCCN2. The number of benzene rings is 1. The molecule has 18 heavy (non-hydrogen) atoms. The summed E-state index contributed by atoms with van der Waals surface area (Å²) >= 11 is 0. The lowest BCUT2D eigenvalue weighted by atomic mass is 9.97. The maximum Gasteiger partial charge on any atom is 0.338 e. The van der Waals surface area contributed by atoms with Gasteiger partial charge in [-0.25, -0.2) is 4.79 Å². The van der Waals surface area contributed by atoms with Gasteiger partial charge in [0.2, 0.25) is 0 Å². The van der Waals surface area contributed by atoms with Gasteiger partial charge in [0.25, 0.3) is 0 Å². The summed E-state index contributed by atoms with van der Waals surface area (Å²) in [5.74, 6) is -0.184. The van der Waals surface area contributed by atoms with E-state index in [0.29, 0.717) is 0 Å². The lowest BCUT2D eigenvalue weighted by Gasteiger charge is -2.21. The van der Waals surface area contributed by atoms with Crippen molar-refractivity contribution in [2.24, 2.45) is 0 Å². The van der Waals surface area contributed by atoms with Gasteiger partial charge in [-0.2, -0.15) is 0 Å². The Labute approximate surface area is 109 Å². The molecule has 0 radical (unpaired) electrons. The molecule has 0 saturated heterocycles. The highest BCUT2D eigenvalue weighted by molar-refractivity contribution is 5.93.